The van der Waals surface area contributed by atoms with Gasteiger partial charge in [0.15, 0.2) is 0 Å². The number of aromatic nitrogens is 2. The van der Waals surface area contributed by atoms with E-state index in [1.165, 1.54) is 5.56 Å². The van der Waals surface area contributed by atoms with E-state index >= 15 is 0 Å². The molecule has 4 rings (SSSR count). The molecule has 44 heavy (non-hydrogen) atoms. The lowest BCUT2D eigenvalue weighted by molar-refractivity contribution is -0.193. The second kappa shape index (κ2) is 16.6. The van der Waals surface area contributed by atoms with E-state index in [0.717, 1.165) is 32.5 Å². The van der Waals surface area contributed by atoms with Crippen LogP contribution in [0.15, 0.2) is 48.9 Å². The lowest BCUT2D eigenvalue weighted by Gasteiger charge is -2.40. The first kappa shape index (κ1) is 37.8. The van der Waals surface area contributed by atoms with Crippen LogP contribution in [-0.2, 0) is 25.7 Å². The lowest BCUT2D eigenvalue weighted by Crippen LogP contribution is -2.53. The van der Waals surface area contributed by atoms with Gasteiger partial charge in [0.05, 0.1) is 0 Å². The van der Waals surface area contributed by atoms with Crippen molar-refractivity contribution in [2.24, 2.45) is 0 Å². The lowest BCUT2D eigenvalue weighted by atomic mass is 9.95. The SMILES string of the molecule is O=C(O)C(F)(F)F.O=C(O)C(F)(F)F.O=C(O)C(F)(F)F.c1ccc(O[C@@H]2CCN(Cc3cccnc3)[C@H]3CCO[C@H]23)nc1. The summed E-state index contributed by atoms with van der Waals surface area (Å²) >= 11 is 0. The van der Waals surface area contributed by atoms with Crippen LogP contribution in [0.25, 0.3) is 0 Å². The zero-order valence-electron chi connectivity index (χ0n) is 22.0. The first-order valence-electron chi connectivity index (χ1n) is 12.0. The number of carboxylic acids is 3. The Bertz CT molecular complexity index is 1070. The highest BCUT2D eigenvalue weighted by atomic mass is 19.4. The van der Waals surface area contributed by atoms with Gasteiger partial charge in [-0.15, -0.1) is 0 Å². The summed E-state index contributed by atoms with van der Waals surface area (Å²) in [6.45, 7) is 2.74. The fraction of sp³-hybridized carbons (Fsp3) is 0.458. The smallest absolute Gasteiger partial charge is 0.475 e. The van der Waals surface area contributed by atoms with E-state index in [2.05, 4.69) is 20.9 Å². The summed E-state index contributed by atoms with van der Waals surface area (Å²) in [5, 5.41) is 21.4. The van der Waals surface area contributed by atoms with Gasteiger partial charge in [-0.3, -0.25) is 9.88 Å². The van der Waals surface area contributed by atoms with Crippen molar-refractivity contribution in [1.82, 2.24) is 14.9 Å². The van der Waals surface area contributed by atoms with Gasteiger partial charge in [-0.25, -0.2) is 19.4 Å². The fourth-order valence-electron chi connectivity index (χ4n) is 3.59. The van der Waals surface area contributed by atoms with Crippen LogP contribution in [0.1, 0.15) is 18.4 Å². The summed E-state index contributed by atoms with van der Waals surface area (Å²) in [5.74, 6) is -7.58. The summed E-state index contributed by atoms with van der Waals surface area (Å²) in [7, 11) is 0. The number of halogens is 9. The number of carbonyl (C=O) groups is 3. The predicted octanol–water partition coefficient (Wildman–Crippen LogP) is 4.19. The molecule has 20 heteroatoms. The quantitative estimate of drug-likeness (QED) is 0.407. The van der Waals surface area contributed by atoms with Gasteiger partial charge in [-0.2, -0.15) is 39.5 Å². The highest BCUT2D eigenvalue weighted by Gasteiger charge is 2.43. The molecule has 3 N–H and O–H groups in total. The van der Waals surface area contributed by atoms with E-state index in [-0.39, 0.29) is 12.2 Å². The molecular formula is C24H24F9N3O8. The van der Waals surface area contributed by atoms with Crippen LogP contribution in [0.3, 0.4) is 0 Å². The number of rotatable bonds is 4. The van der Waals surface area contributed by atoms with Crippen molar-refractivity contribution < 1.29 is 78.7 Å². The molecule has 2 aliphatic rings. The van der Waals surface area contributed by atoms with Gasteiger partial charge in [-0.05, 0) is 30.5 Å². The van der Waals surface area contributed by atoms with Crippen LogP contribution in [0, 0.1) is 0 Å². The maximum Gasteiger partial charge on any atom is 0.490 e. The molecule has 11 nitrogen and oxygen atoms in total. The first-order valence-corrected chi connectivity index (χ1v) is 12.0. The molecule has 246 valence electrons. The minimum atomic E-state index is -5.08. The number of nitrogens with zero attached hydrogens (tertiary/aromatic N) is 3. The molecule has 2 fully saturated rings. The van der Waals surface area contributed by atoms with Crippen molar-refractivity contribution >= 4 is 17.9 Å². The topological polar surface area (TPSA) is 159 Å². The molecule has 2 aromatic rings. The van der Waals surface area contributed by atoms with Gasteiger partial charge in [0.25, 0.3) is 0 Å². The fourth-order valence-corrected chi connectivity index (χ4v) is 3.59. The number of aliphatic carboxylic acids is 3. The number of hydrogen-bond acceptors (Lipinski definition) is 8. The van der Waals surface area contributed by atoms with Crippen molar-refractivity contribution in [2.75, 3.05) is 13.2 Å². The number of pyridine rings is 2. The molecule has 0 aliphatic carbocycles. The molecule has 0 amide bonds. The van der Waals surface area contributed by atoms with Gasteiger partial charge >= 0.3 is 36.4 Å². The van der Waals surface area contributed by atoms with Gasteiger partial charge in [0.2, 0.25) is 5.88 Å². The van der Waals surface area contributed by atoms with Gasteiger partial charge in [0.1, 0.15) is 12.2 Å². The zero-order valence-corrected chi connectivity index (χ0v) is 22.0. The monoisotopic (exact) mass is 653 g/mol. The Morgan fingerprint density at radius 1 is 0.841 bits per heavy atom. The van der Waals surface area contributed by atoms with E-state index in [9.17, 15) is 39.5 Å². The van der Waals surface area contributed by atoms with E-state index < -0.39 is 36.4 Å². The predicted molar refractivity (Wildman–Crippen MR) is 127 cm³/mol. The van der Waals surface area contributed by atoms with Gasteiger partial charge in [0, 0.05) is 50.4 Å². The molecule has 0 bridgehead atoms. The summed E-state index contributed by atoms with van der Waals surface area (Å²) in [4.78, 5) is 37.7. The third kappa shape index (κ3) is 13.8. The molecule has 0 saturated carbocycles. The highest BCUT2D eigenvalue weighted by Crippen LogP contribution is 2.31. The molecule has 0 unspecified atom stereocenters. The van der Waals surface area contributed by atoms with Crippen LogP contribution >= 0.6 is 0 Å². The molecule has 2 aromatic heterocycles. The second-order valence-electron chi connectivity index (χ2n) is 8.54. The van der Waals surface area contributed by atoms with Crippen molar-refractivity contribution in [1.29, 1.82) is 0 Å². The Morgan fingerprint density at radius 2 is 1.39 bits per heavy atom. The number of carboxylic acid groups (broad SMARTS) is 3. The van der Waals surface area contributed by atoms with Crippen molar-refractivity contribution in [3.63, 3.8) is 0 Å². The minimum absolute atomic E-state index is 0.0857. The summed E-state index contributed by atoms with van der Waals surface area (Å²) < 4.78 is 107. The molecular weight excluding hydrogens is 629 g/mol. The summed E-state index contributed by atoms with van der Waals surface area (Å²) in [5.41, 5.74) is 1.25. The number of likely N-dealkylation sites (tertiary alicyclic amines) is 1. The molecule has 2 saturated heterocycles. The van der Waals surface area contributed by atoms with E-state index in [1.54, 1.807) is 6.20 Å². The molecule has 2 aliphatic heterocycles. The van der Waals surface area contributed by atoms with Gasteiger partial charge < -0.3 is 24.8 Å². The van der Waals surface area contributed by atoms with Crippen molar-refractivity contribution in [3.8, 4) is 5.88 Å². The average molecular weight is 653 g/mol. The third-order valence-corrected chi connectivity index (χ3v) is 5.39. The largest absolute Gasteiger partial charge is 0.490 e. The molecule has 0 aromatic carbocycles. The second-order valence-corrected chi connectivity index (χ2v) is 8.54. The van der Waals surface area contributed by atoms with Crippen molar-refractivity contribution in [3.05, 3.63) is 54.5 Å². The Labute approximate surface area is 241 Å². The maximum absolute atomic E-state index is 10.6. The first-order chi connectivity index (χ1) is 20.2. The Hall–Kier alpha value is -4.20. The molecule has 3 atom stereocenters. The Balaban J connectivity index is 0.000000379. The molecule has 0 radical (unpaired) electrons. The van der Waals surface area contributed by atoms with Crippen LogP contribution < -0.4 is 4.74 Å². The number of ether oxygens (including phenoxy) is 2. The number of piperidine rings is 1. The minimum Gasteiger partial charge on any atom is -0.475 e. The summed E-state index contributed by atoms with van der Waals surface area (Å²) in [6, 6.07) is 10.3. The van der Waals surface area contributed by atoms with Gasteiger partial charge in [-0.1, -0.05) is 12.1 Å². The zero-order chi connectivity index (χ0) is 33.7. The van der Waals surface area contributed by atoms with E-state index in [4.69, 9.17) is 39.2 Å². The third-order valence-electron chi connectivity index (χ3n) is 5.39. The Kier molecular flexibility index (Phi) is 14.3. The maximum atomic E-state index is 10.6. The average Bonchev–Trinajstić information content (AvgIpc) is 3.42. The van der Waals surface area contributed by atoms with E-state index in [0.29, 0.717) is 11.9 Å². The van der Waals surface area contributed by atoms with Crippen molar-refractivity contribution in [2.45, 2.75) is 56.2 Å². The standard InChI is InChI=1S/C18H21N3O2.3C2HF3O2/c1-2-9-20-17(5-1)23-16-6-10-21(15-7-11-22-18(15)16)13-14-4-3-8-19-12-14;3*3-2(4,5)1(6)7/h1-5,8-9,12,15-16,18H,6-7,10-11,13H2;3*(H,6,7)/t15-,16+,18-;;;/m0.../s1. The molecule has 0 spiro atoms. The number of hydrogen-bond donors (Lipinski definition) is 3. The normalized spacial score (nSPS) is 19.8. The number of fused-ring (bicyclic) bond motifs is 1. The number of alkyl halides is 9. The van der Waals surface area contributed by atoms with Crippen LogP contribution in [0.2, 0.25) is 0 Å². The van der Waals surface area contributed by atoms with Crippen LogP contribution in [-0.4, -0.2) is 98.0 Å². The summed E-state index contributed by atoms with van der Waals surface area (Å²) in [6.07, 6.45) is -7.49. The van der Waals surface area contributed by atoms with Crippen LogP contribution in [0.5, 0.6) is 5.88 Å². The van der Waals surface area contributed by atoms with E-state index in [1.807, 2.05) is 36.7 Å². The Morgan fingerprint density at radius 3 is 1.82 bits per heavy atom. The molecule has 4 heterocycles. The van der Waals surface area contributed by atoms with Crippen LogP contribution in [0.4, 0.5) is 39.5 Å². The highest BCUT2D eigenvalue weighted by molar-refractivity contribution is 5.73.